The zero-order valence-corrected chi connectivity index (χ0v) is 16.0. The number of terminal acetylenes is 1. The van der Waals surface area contributed by atoms with Gasteiger partial charge in [0.25, 0.3) is 0 Å². The molecule has 31 heavy (non-hydrogen) atoms. The van der Waals surface area contributed by atoms with E-state index in [2.05, 4.69) is 26.1 Å². The maximum atomic E-state index is 14.1. The normalized spacial score (nSPS) is 11.0. The molecule has 0 saturated heterocycles. The summed E-state index contributed by atoms with van der Waals surface area (Å²) < 4.78 is 34.6. The van der Waals surface area contributed by atoms with Crippen LogP contribution in [0.4, 0.5) is 8.78 Å². The van der Waals surface area contributed by atoms with Crippen molar-refractivity contribution >= 4 is 0 Å². The van der Waals surface area contributed by atoms with Crippen LogP contribution in [-0.2, 0) is 6.54 Å². The Morgan fingerprint density at radius 2 is 1.77 bits per heavy atom. The Morgan fingerprint density at radius 1 is 0.968 bits per heavy atom. The molecule has 0 saturated carbocycles. The van der Waals surface area contributed by atoms with E-state index in [1.807, 2.05) is 24.3 Å². The molecule has 2 aliphatic heterocycles. The van der Waals surface area contributed by atoms with Gasteiger partial charge in [-0.25, -0.2) is 18.7 Å². The second-order valence-electron chi connectivity index (χ2n) is 6.76. The van der Waals surface area contributed by atoms with E-state index < -0.39 is 11.6 Å². The van der Waals surface area contributed by atoms with Gasteiger partial charge in [0.2, 0.25) is 0 Å². The minimum Gasteiger partial charge on any atom is -0.359 e. The van der Waals surface area contributed by atoms with Crippen molar-refractivity contribution in [3.63, 3.8) is 0 Å². The van der Waals surface area contributed by atoms with Gasteiger partial charge in [0.1, 0.15) is 23.6 Å². The van der Waals surface area contributed by atoms with Crippen LogP contribution in [0.3, 0.4) is 0 Å². The standard InChI is InChI=1S/C23H13F2N5O/c1-2-14-6-3-4-7-16(14)19-10-15(31-29-19)12-30-13-21-20(11-26-30)27-23(28-21)17-8-5-9-18(24)22(17)25/h1,3-11,13H,12H2. The van der Waals surface area contributed by atoms with Crippen molar-refractivity contribution in [3.8, 4) is 46.4 Å². The van der Waals surface area contributed by atoms with Crippen molar-refractivity contribution in [1.29, 1.82) is 0 Å². The third-order valence-corrected chi connectivity index (χ3v) is 4.74. The Balaban J connectivity index is 1.44. The number of halogens is 2. The highest BCUT2D eigenvalue weighted by atomic mass is 19.2. The predicted molar refractivity (Wildman–Crippen MR) is 109 cm³/mol. The number of aromatic nitrogens is 5. The highest BCUT2D eigenvalue weighted by Gasteiger charge is 2.18. The number of nitrogens with zero attached hydrogens (tertiary/aromatic N) is 5. The van der Waals surface area contributed by atoms with Gasteiger partial charge < -0.3 is 4.52 Å². The van der Waals surface area contributed by atoms with E-state index in [0.717, 1.165) is 17.2 Å². The van der Waals surface area contributed by atoms with Crippen LogP contribution in [0.15, 0.2) is 65.4 Å². The first-order valence-corrected chi connectivity index (χ1v) is 9.28. The maximum absolute atomic E-state index is 14.1. The van der Waals surface area contributed by atoms with Gasteiger partial charge >= 0.3 is 0 Å². The van der Waals surface area contributed by atoms with E-state index in [9.17, 15) is 8.78 Å². The molecule has 3 aromatic rings. The van der Waals surface area contributed by atoms with Crippen LogP contribution in [0, 0.1) is 24.0 Å². The van der Waals surface area contributed by atoms with E-state index in [1.54, 1.807) is 16.9 Å². The number of hydrogen-bond acceptors (Lipinski definition) is 5. The molecule has 0 amide bonds. The van der Waals surface area contributed by atoms with Crippen LogP contribution in [0.2, 0.25) is 0 Å². The van der Waals surface area contributed by atoms with Gasteiger partial charge in [-0.05, 0) is 18.2 Å². The van der Waals surface area contributed by atoms with E-state index in [4.69, 9.17) is 10.9 Å². The van der Waals surface area contributed by atoms with Crippen LogP contribution in [0.5, 0.6) is 0 Å². The number of fused-ring (bicyclic) bond motifs is 1. The summed E-state index contributed by atoms with van der Waals surface area (Å²) in [7, 11) is 0. The third kappa shape index (κ3) is 3.42. The Bertz CT molecular complexity index is 1420. The molecule has 2 aliphatic rings. The molecule has 8 heteroatoms. The lowest BCUT2D eigenvalue weighted by atomic mass is 10.1. The summed E-state index contributed by atoms with van der Waals surface area (Å²) in [5, 5.41) is 8.39. The minimum atomic E-state index is -0.986. The van der Waals surface area contributed by atoms with Crippen molar-refractivity contribution < 1.29 is 13.3 Å². The summed E-state index contributed by atoms with van der Waals surface area (Å²) in [6, 6.07) is 13.1. The molecule has 0 N–H and O–H groups in total. The third-order valence-electron chi connectivity index (χ3n) is 4.74. The van der Waals surface area contributed by atoms with Gasteiger partial charge in [0.05, 0.1) is 18.0 Å². The molecule has 6 nitrogen and oxygen atoms in total. The largest absolute Gasteiger partial charge is 0.359 e. The van der Waals surface area contributed by atoms with E-state index >= 15 is 0 Å². The SMILES string of the molecule is C#Cc1ccccc1-c1cc(Cn2cc3nc(-c4cccc(F)c4F)nc-3cn2)on1. The molecule has 0 atom stereocenters. The molecule has 0 fully saturated rings. The number of imidazole rings is 1. The second-order valence-corrected chi connectivity index (χ2v) is 6.76. The number of hydrogen-bond donors (Lipinski definition) is 0. The Hall–Kier alpha value is -4.38. The van der Waals surface area contributed by atoms with Crippen molar-refractivity contribution in [3.05, 3.63) is 83.9 Å². The number of rotatable bonds is 4. The first-order valence-electron chi connectivity index (χ1n) is 9.28. The zero-order chi connectivity index (χ0) is 21.4. The van der Waals surface area contributed by atoms with Gasteiger partial charge in [-0.3, -0.25) is 4.68 Å². The van der Waals surface area contributed by atoms with E-state index in [1.165, 1.54) is 18.3 Å². The lowest BCUT2D eigenvalue weighted by molar-refractivity contribution is 0.372. The van der Waals surface area contributed by atoms with Crippen molar-refractivity contribution in [2.24, 2.45) is 0 Å². The monoisotopic (exact) mass is 413 g/mol. The van der Waals surface area contributed by atoms with Gasteiger partial charge in [0, 0.05) is 17.2 Å². The maximum Gasteiger partial charge on any atom is 0.169 e. The molecule has 0 bridgehead atoms. The van der Waals surface area contributed by atoms with Gasteiger partial charge in [-0.2, -0.15) is 5.10 Å². The molecule has 3 heterocycles. The van der Waals surface area contributed by atoms with Crippen molar-refractivity contribution in [2.75, 3.05) is 0 Å². The number of benzene rings is 2. The summed E-state index contributed by atoms with van der Waals surface area (Å²) in [6.07, 6.45) is 8.71. The molecule has 1 aromatic heterocycles. The van der Waals surface area contributed by atoms with E-state index in [-0.39, 0.29) is 17.9 Å². The summed E-state index contributed by atoms with van der Waals surface area (Å²) >= 11 is 0. The molecule has 0 aliphatic carbocycles. The Morgan fingerprint density at radius 3 is 2.65 bits per heavy atom. The quantitative estimate of drug-likeness (QED) is 0.408. The zero-order valence-electron chi connectivity index (χ0n) is 16.0. The van der Waals surface area contributed by atoms with Gasteiger partial charge in [-0.1, -0.05) is 35.3 Å². The van der Waals surface area contributed by atoms with Crippen molar-refractivity contribution in [2.45, 2.75) is 6.54 Å². The highest BCUT2D eigenvalue weighted by Crippen LogP contribution is 2.27. The molecule has 150 valence electrons. The Labute approximate surface area is 175 Å². The van der Waals surface area contributed by atoms with Crippen LogP contribution in [0.25, 0.3) is 34.0 Å². The van der Waals surface area contributed by atoms with Crippen LogP contribution < -0.4 is 0 Å². The highest BCUT2D eigenvalue weighted by molar-refractivity contribution is 5.68. The summed E-state index contributed by atoms with van der Waals surface area (Å²) in [4.78, 5) is 8.56. The molecule has 0 spiro atoms. The predicted octanol–water partition coefficient (Wildman–Crippen LogP) is 4.41. The molecule has 0 radical (unpaired) electrons. The lowest BCUT2D eigenvalue weighted by Gasteiger charge is -2.03. The summed E-state index contributed by atoms with van der Waals surface area (Å²) in [5.74, 6) is 1.36. The van der Waals surface area contributed by atoms with Crippen molar-refractivity contribution in [1.82, 2.24) is 24.9 Å². The fraction of sp³-hybridized carbons (Fsp3) is 0.0435. The van der Waals surface area contributed by atoms with Crippen LogP contribution >= 0.6 is 0 Å². The van der Waals surface area contributed by atoms with Crippen LogP contribution in [0.1, 0.15) is 11.3 Å². The first kappa shape index (κ1) is 18.6. The van der Waals surface area contributed by atoms with Gasteiger partial charge in [0.15, 0.2) is 23.2 Å². The summed E-state index contributed by atoms with van der Waals surface area (Å²) in [5.41, 5.74) is 3.11. The molecule has 5 rings (SSSR count). The van der Waals surface area contributed by atoms with Crippen LogP contribution in [-0.4, -0.2) is 24.9 Å². The van der Waals surface area contributed by atoms with E-state index in [0.29, 0.717) is 22.8 Å². The topological polar surface area (TPSA) is 69.6 Å². The lowest BCUT2D eigenvalue weighted by Crippen LogP contribution is -2.04. The average molecular weight is 413 g/mol. The smallest absolute Gasteiger partial charge is 0.169 e. The Kier molecular flexibility index (Phi) is 4.49. The fourth-order valence-corrected chi connectivity index (χ4v) is 3.25. The fourth-order valence-electron chi connectivity index (χ4n) is 3.25. The first-order chi connectivity index (χ1) is 15.1. The minimum absolute atomic E-state index is 0.00481. The molecular formula is C23H13F2N5O. The average Bonchev–Trinajstić information content (AvgIpc) is 3.42. The molecular weight excluding hydrogens is 400 g/mol. The molecule has 0 unspecified atom stereocenters. The van der Waals surface area contributed by atoms with Gasteiger partial charge in [-0.15, -0.1) is 6.42 Å². The molecule has 2 aromatic carbocycles. The second kappa shape index (κ2) is 7.46. The summed E-state index contributed by atoms with van der Waals surface area (Å²) in [6.45, 7) is 0.289.